The molecular formula is C23H22N2O5S. The van der Waals surface area contributed by atoms with E-state index in [0.717, 1.165) is 11.6 Å². The van der Waals surface area contributed by atoms with Crippen LogP contribution in [0.3, 0.4) is 0 Å². The lowest BCUT2D eigenvalue weighted by molar-refractivity contribution is -0.111. The number of allylic oxidation sites excluding steroid dienone is 4. The quantitative estimate of drug-likeness (QED) is 0.719. The lowest BCUT2D eigenvalue weighted by Crippen LogP contribution is -2.23. The number of ketones is 1. The average molecular weight is 439 g/mol. The van der Waals surface area contributed by atoms with Gasteiger partial charge in [0.25, 0.3) is 0 Å². The number of sulfone groups is 1. The summed E-state index contributed by atoms with van der Waals surface area (Å²) < 4.78 is 31.3. The molecule has 0 aromatic heterocycles. The molecule has 0 radical (unpaired) electrons. The maximum atomic E-state index is 13.1. The molecule has 31 heavy (non-hydrogen) atoms. The van der Waals surface area contributed by atoms with Crippen LogP contribution in [-0.2, 0) is 14.6 Å². The Morgan fingerprint density at radius 3 is 2.29 bits per heavy atom. The summed E-state index contributed by atoms with van der Waals surface area (Å²) >= 11 is 0. The number of hydrogen-bond acceptors (Lipinski definition) is 5. The van der Waals surface area contributed by atoms with Gasteiger partial charge in [0.2, 0.25) is 15.6 Å². The largest absolute Gasteiger partial charge is 0.497 e. The molecule has 160 valence electrons. The van der Waals surface area contributed by atoms with Crippen LogP contribution in [0.5, 0.6) is 5.75 Å². The molecule has 8 heteroatoms. The minimum atomic E-state index is -4.12. The van der Waals surface area contributed by atoms with Gasteiger partial charge in [0, 0.05) is 11.3 Å². The molecule has 0 unspecified atom stereocenters. The van der Waals surface area contributed by atoms with E-state index in [4.69, 9.17) is 4.74 Å². The van der Waals surface area contributed by atoms with Crippen LogP contribution in [0.25, 0.3) is 0 Å². The zero-order valence-electron chi connectivity index (χ0n) is 17.6. The highest BCUT2D eigenvalue weighted by Crippen LogP contribution is 2.29. The van der Waals surface area contributed by atoms with E-state index >= 15 is 0 Å². The summed E-state index contributed by atoms with van der Waals surface area (Å²) in [7, 11) is -2.65. The van der Waals surface area contributed by atoms with Gasteiger partial charge in [-0.05, 0) is 74.4 Å². The first-order chi connectivity index (χ1) is 14.6. The molecule has 2 aromatic rings. The number of carbonyl (C=O) groups excluding carboxylic acids is 2. The van der Waals surface area contributed by atoms with Crippen LogP contribution in [0.15, 0.2) is 80.5 Å². The molecule has 0 atom stereocenters. The molecule has 3 rings (SSSR count). The Morgan fingerprint density at radius 2 is 1.68 bits per heavy atom. The van der Waals surface area contributed by atoms with Crippen molar-refractivity contribution in [3.8, 4) is 5.75 Å². The van der Waals surface area contributed by atoms with Gasteiger partial charge in [-0.25, -0.2) is 13.2 Å². The Labute approximate surface area is 181 Å². The molecule has 0 saturated heterocycles. The standard InChI is InChI=1S/C23H22N2O5S/c1-14-6-5-7-17(12-14)24-23(27)25-20-13-21(22(26)16(3)15(20)2)31(28,29)19-10-8-18(30-4)9-11-19/h5-13H,1-4H3,(H,24,27). The molecule has 7 nitrogen and oxygen atoms in total. The molecule has 0 heterocycles. The molecule has 1 N–H and O–H groups in total. The van der Waals surface area contributed by atoms with Gasteiger partial charge < -0.3 is 10.1 Å². The number of aryl methyl sites for hydroxylation is 1. The van der Waals surface area contributed by atoms with Gasteiger partial charge in [-0.15, -0.1) is 0 Å². The predicted molar refractivity (Wildman–Crippen MR) is 119 cm³/mol. The monoisotopic (exact) mass is 438 g/mol. The molecular weight excluding hydrogens is 416 g/mol. The Kier molecular flexibility index (Phi) is 6.21. The molecule has 2 aromatic carbocycles. The van der Waals surface area contributed by atoms with Crippen molar-refractivity contribution < 1.29 is 22.7 Å². The van der Waals surface area contributed by atoms with E-state index in [2.05, 4.69) is 10.3 Å². The van der Waals surface area contributed by atoms with Crippen LogP contribution in [0.1, 0.15) is 19.4 Å². The maximum Gasteiger partial charge on any atom is 0.345 e. The fourth-order valence-corrected chi connectivity index (χ4v) is 4.44. The minimum absolute atomic E-state index is 0.0520. The molecule has 0 bridgehead atoms. The number of amides is 2. The van der Waals surface area contributed by atoms with Crippen molar-refractivity contribution in [3.63, 3.8) is 0 Å². The summed E-state index contributed by atoms with van der Waals surface area (Å²) in [4.78, 5) is 28.7. The second-order valence-corrected chi connectivity index (χ2v) is 8.98. The van der Waals surface area contributed by atoms with Gasteiger partial charge >= 0.3 is 6.03 Å². The third kappa shape index (κ3) is 4.64. The summed E-state index contributed by atoms with van der Waals surface area (Å²) in [5.74, 6) is -0.128. The number of methoxy groups -OCH3 is 1. The van der Waals surface area contributed by atoms with E-state index in [1.807, 2.05) is 13.0 Å². The Bertz CT molecular complexity index is 1250. The van der Waals surface area contributed by atoms with Crippen molar-refractivity contribution in [1.82, 2.24) is 0 Å². The lowest BCUT2D eigenvalue weighted by Gasteiger charge is -2.17. The molecule has 0 saturated carbocycles. The van der Waals surface area contributed by atoms with E-state index < -0.39 is 26.6 Å². The first-order valence-electron chi connectivity index (χ1n) is 9.43. The van der Waals surface area contributed by atoms with Gasteiger partial charge in [-0.1, -0.05) is 12.1 Å². The SMILES string of the molecule is COc1ccc(S(=O)(=O)C2=CC(=NC(=O)Nc3cccc(C)c3)C(C)=C(C)C2=O)cc1. The smallest absolute Gasteiger partial charge is 0.345 e. The summed E-state index contributed by atoms with van der Waals surface area (Å²) in [6.45, 7) is 5.03. The molecule has 1 aliphatic rings. The zero-order valence-corrected chi connectivity index (χ0v) is 18.4. The Hall–Kier alpha value is -3.52. The third-order valence-corrected chi connectivity index (χ3v) is 6.70. The first-order valence-corrected chi connectivity index (χ1v) is 10.9. The van der Waals surface area contributed by atoms with Gasteiger partial charge in [0.1, 0.15) is 10.7 Å². The summed E-state index contributed by atoms with van der Waals surface area (Å²) in [5.41, 5.74) is 2.31. The van der Waals surface area contributed by atoms with Crippen LogP contribution in [-0.4, -0.2) is 33.1 Å². The van der Waals surface area contributed by atoms with Gasteiger partial charge in [-0.2, -0.15) is 4.99 Å². The maximum absolute atomic E-state index is 13.1. The van der Waals surface area contributed by atoms with Crippen LogP contribution in [0, 0.1) is 6.92 Å². The number of hydrogen-bond donors (Lipinski definition) is 1. The van der Waals surface area contributed by atoms with Gasteiger partial charge in [0.15, 0.2) is 0 Å². The van der Waals surface area contributed by atoms with E-state index in [0.29, 0.717) is 17.0 Å². The molecule has 0 spiro atoms. The van der Waals surface area contributed by atoms with E-state index in [9.17, 15) is 18.0 Å². The van der Waals surface area contributed by atoms with Crippen molar-refractivity contribution in [3.05, 3.63) is 76.2 Å². The first kappa shape index (κ1) is 22.2. The fourth-order valence-electron chi connectivity index (χ4n) is 3.03. The number of rotatable bonds is 4. The van der Waals surface area contributed by atoms with Crippen molar-refractivity contribution in [2.75, 3.05) is 12.4 Å². The highest BCUT2D eigenvalue weighted by Gasteiger charge is 2.32. The number of carbonyl (C=O) groups is 2. The number of urea groups is 1. The lowest BCUT2D eigenvalue weighted by atomic mass is 9.96. The van der Waals surface area contributed by atoms with E-state index in [1.165, 1.54) is 38.3 Å². The van der Waals surface area contributed by atoms with Crippen molar-refractivity contribution in [2.24, 2.45) is 4.99 Å². The number of benzene rings is 2. The van der Waals surface area contributed by atoms with Gasteiger partial charge in [-0.3, -0.25) is 4.79 Å². The second kappa shape index (κ2) is 8.69. The average Bonchev–Trinajstić information content (AvgIpc) is 2.74. The highest BCUT2D eigenvalue weighted by atomic mass is 32.2. The molecule has 0 fully saturated rings. The van der Waals surface area contributed by atoms with Crippen LogP contribution < -0.4 is 10.1 Å². The van der Waals surface area contributed by atoms with Crippen LogP contribution in [0.4, 0.5) is 10.5 Å². The van der Waals surface area contributed by atoms with Crippen LogP contribution >= 0.6 is 0 Å². The summed E-state index contributed by atoms with van der Waals surface area (Å²) in [6.07, 6.45) is 1.15. The minimum Gasteiger partial charge on any atom is -0.497 e. The normalized spacial score (nSPS) is 15.7. The van der Waals surface area contributed by atoms with E-state index in [1.54, 1.807) is 25.1 Å². The van der Waals surface area contributed by atoms with Gasteiger partial charge in [0.05, 0.1) is 17.7 Å². The fraction of sp³-hybridized carbons (Fsp3) is 0.174. The van der Waals surface area contributed by atoms with Crippen molar-refractivity contribution in [1.29, 1.82) is 0 Å². The number of nitrogens with zero attached hydrogens (tertiary/aromatic N) is 1. The topological polar surface area (TPSA) is 102 Å². The summed E-state index contributed by atoms with van der Waals surface area (Å²) in [5, 5.41) is 2.65. The third-order valence-electron chi connectivity index (χ3n) is 4.93. The Morgan fingerprint density at radius 1 is 1.00 bits per heavy atom. The zero-order chi connectivity index (χ0) is 22.8. The van der Waals surface area contributed by atoms with Crippen molar-refractivity contribution >= 4 is 33.1 Å². The van der Waals surface area contributed by atoms with E-state index in [-0.39, 0.29) is 16.2 Å². The molecule has 0 aliphatic heterocycles. The molecule has 2 amide bonds. The van der Waals surface area contributed by atoms with Crippen molar-refractivity contribution in [2.45, 2.75) is 25.7 Å². The second-order valence-electron chi connectivity index (χ2n) is 7.06. The predicted octanol–water partition coefficient (Wildman–Crippen LogP) is 4.25. The summed E-state index contributed by atoms with van der Waals surface area (Å²) in [6, 6.07) is 12.3. The number of aliphatic imine (C=N–C) groups is 1. The van der Waals surface area contributed by atoms with Crippen LogP contribution in [0.2, 0.25) is 0 Å². The number of Topliss-reactive ketones (excluding diaryl/α,β-unsaturated/α-hetero) is 1. The highest BCUT2D eigenvalue weighted by molar-refractivity contribution is 7.96. The number of nitrogens with one attached hydrogen (secondary N) is 1. The Balaban J connectivity index is 1.99. The molecule has 1 aliphatic carbocycles. The number of ether oxygens (including phenoxy) is 1. The number of anilines is 1.